The predicted octanol–water partition coefficient (Wildman–Crippen LogP) is 9.68. The molecule has 0 N–H and O–H groups in total. The third-order valence-electron chi connectivity index (χ3n) is 7.93. The highest BCUT2D eigenvalue weighted by Gasteiger charge is 2.24. The van der Waals surface area contributed by atoms with E-state index in [1.54, 1.807) is 0 Å². The van der Waals surface area contributed by atoms with Crippen LogP contribution in [-0.4, -0.2) is 19.1 Å². The lowest BCUT2D eigenvalue weighted by molar-refractivity contribution is 0.411. The number of imidazole rings is 2. The number of fused-ring (bicyclic) bond motifs is 1. The lowest BCUT2D eigenvalue weighted by Gasteiger charge is -2.18. The zero-order chi connectivity index (χ0) is 29.8. The Labute approximate surface area is 249 Å². The minimum Gasteiger partial charge on any atom is -0.281 e. The molecule has 0 aliphatic rings. The van der Waals surface area contributed by atoms with Crippen LogP contribution in [0.25, 0.3) is 45.2 Å². The van der Waals surface area contributed by atoms with Gasteiger partial charge in [0.2, 0.25) is 0 Å². The van der Waals surface area contributed by atoms with Crippen LogP contribution in [0.5, 0.6) is 0 Å². The van der Waals surface area contributed by atoms with Crippen LogP contribution in [0.1, 0.15) is 54.4 Å². The fourth-order valence-electron chi connectivity index (χ4n) is 6.24. The van der Waals surface area contributed by atoms with E-state index in [0.717, 1.165) is 46.3 Å². The van der Waals surface area contributed by atoms with Crippen LogP contribution in [0.2, 0.25) is 0 Å². The van der Waals surface area contributed by atoms with E-state index in [-0.39, 0.29) is 5.41 Å². The molecule has 2 aromatic heterocycles. The zero-order valence-corrected chi connectivity index (χ0v) is 26.1. The van der Waals surface area contributed by atoms with Gasteiger partial charge in [-0.05, 0) is 98.5 Å². The molecule has 42 heavy (non-hydrogen) atoms. The number of benzene rings is 4. The van der Waals surface area contributed by atoms with Crippen LogP contribution in [-0.2, 0) is 6.42 Å². The molecule has 0 unspecified atom stereocenters. The van der Waals surface area contributed by atoms with Gasteiger partial charge in [-0.3, -0.25) is 9.13 Å². The number of aromatic nitrogens is 4. The van der Waals surface area contributed by atoms with Crippen molar-refractivity contribution in [3.8, 4) is 33.9 Å². The fourth-order valence-corrected chi connectivity index (χ4v) is 6.24. The van der Waals surface area contributed by atoms with E-state index in [9.17, 15) is 0 Å². The summed E-state index contributed by atoms with van der Waals surface area (Å²) in [5.41, 5.74) is 14.0. The van der Waals surface area contributed by atoms with Gasteiger partial charge in [0.1, 0.15) is 11.6 Å². The summed E-state index contributed by atoms with van der Waals surface area (Å²) in [5.74, 6) is 1.83. The van der Waals surface area contributed by atoms with Crippen molar-refractivity contribution in [2.24, 2.45) is 5.41 Å². The lowest BCUT2D eigenvalue weighted by Crippen LogP contribution is -2.08. The third-order valence-corrected chi connectivity index (χ3v) is 7.93. The van der Waals surface area contributed by atoms with Gasteiger partial charge in [-0.2, -0.15) is 0 Å². The van der Waals surface area contributed by atoms with Crippen molar-refractivity contribution in [2.75, 3.05) is 0 Å². The molecule has 0 spiro atoms. The number of hydrogen-bond donors (Lipinski definition) is 0. The first-order valence-electron chi connectivity index (χ1n) is 14.8. The van der Waals surface area contributed by atoms with Gasteiger partial charge in [0.05, 0.1) is 5.69 Å². The minimum atomic E-state index is 0.276. The highest BCUT2D eigenvalue weighted by molar-refractivity contribution is 5.82. The Morgan fingerprint density at radius 1 is 0.619 bits per heavy atom. The summed E-state index contributed by atoms with van der Waals surface area (Å²) in [4.78, 5) is 10.1. The van der Waals surface area contributed by atoms with Gasteiger partial charge in [0, 0.05) is 11.3 Å². The highest BCUT2D eigenvalue weighted by Crippen LogP contribution is 2.35. The molecule has 4 aromatic carbocycles. The van der Waals surface area contributed by atoms with Gasteiger partial charge in [-0.25, -0.2) is 9.97 Å². The first-order valence-corrected chi connectivity index (χ1v) is 14.8. The molecule has 0 radical (unpaired) electrons. The number of nitrogens with zero attached hydrogens (tertiary/aromatic N) is 4. The van der Waals surface area contributed by atoms with Crippen LogP contribution in [0.4, 0.5) is 0 Å². The summed E-state index contributed by atoms with van der Waals surface area (Å²) in [6.07, 6.45) is 1.07. The van der Waals surface area contributed by atoms with Crippen molar-refractivity contribution >= 4 is 11.3 Å². The normalized spacial score (nSPS) is 11.9. The van der Waals surface area contributed by atoms with E-state index in [1.807, 2.05) is 0 Å². The van der Waals surface area contributed by atoms with Crippen molar-refractivity contribution in [1.82, 2.24) is 19.1 Å². The molecular weight excluding hydrogens is 512 g/mol. The Morgan fingerprint density at radius 2 is 1.19 bits per heavy atom. The molecule has 0 aliphatic carbocycles. The molecule has 0 fully saturated rings. The largest absolute Gasteiger partial charge is 0.281 e. The van der Waals surface area contributed by atoms with Gasteiger partial charge >= 0.3 is 0 Å². The van der Waals surface area contributed by atoms with Crippen molar-refractivity contribution < 1.29 is 0 Å². The Morgan fingerprint density at radius 3 is 1.76 bits per heavy atom. The summed E-state index contributed by atoms with van der Waals surface area (Å²) in [6.45, 7) is 17.6. The second kappa shape index (κ2) is 10.4. The van der Waals surface area contributed by atoms with Crippen LogP contribution in [0.3, 0.4) is 0 Å². The van der Waals surface area contributed by atoms with Crippen LogP contribution >= 0.6 is 0 Å². The monoisotopic (exact) mass is 552 g/mol. The molecule has 212 valence electrons. The topological polar surface area (TPSA) is 35.6 Å². The molecule has 0 aliphatic heterocycles. The van der Waals surface area contributed by atoms with Gasteiger partial charge in [0.15, 0.2) is 11.3 Å². The molecule has 4 heteroatoms. The summed E-state index contributed by atoms with van der Waals surface area (Å²) in [5, 5.41) is 0. The molecule has 0 bridgehead atoms. The second-order valence-corrected chi connectivity index (χ2v) is 13.0. The zero-order valence-electron chi connectivity index (χ0n) is 26.1. The third kappa shape index (κ3) is 5.18. The van der Waals surface area contributed by atoms with E-state index in [2.05, 4.69) is 149 Å². The molecule has 6 aromatic rings. The molecular formula is C38H40N4. The maximum Gasteiger partial charge on any atom is 0.198 e. The maximum atomic E-state index is 5.16. The van der Waals surface area contributed by atoms with Gasteiger partial charge < -0.3 is 0 Å². The van der Waals surface area contributed by atoms with Crippen molar-refractivity contribution in [3.63, 3.8) is 0 Å². The van der Waals surface area contributed by atoms with Crippen molar-refractivity contribution in [3.05, 3.63) is 119 Å². The first kappa shape index (κ1) is 27.7. The fraction of sp³-hybridized carbons (Fsp3) is 0.263. The minimum absolute atomic E-state index is 0.276. The molecule has 0 atom stereocenters. The molecule has 0 saturated carbocycles. The first-order chi connectivity index (χ1) is 20.0. The SMILES string of the molecule is Cc1cc(C)cc(-c2nc3nc(C)n(-c4ccc(-c5ccc(CC(C)(C)C)cc5)cc4)c3n2-c2c(C)cccc2C)c1. The van der Waals surface area contributed by atoms with Crippen molar-refractivity contribution in [1.29, 1.82) is 0 Å². The van der Waals surface area contributed by atoms with Gasteiger partial charge in [-0.15, -0.1) is 0 Å². The Kier molecular flexibility index (Phi) is 6.89. The van der Waals surface area contributed by atoms with Gasteiger partial charge in [-0.1, -0.05) is 92.6 Å². The van der Waals surface area contributed by atoms with E-state index in [1.165, 1.54) is 38.9 Å². The number of para-hydroxylation sites is 1. The molecule has 2 heterocycles. The van der Waals surface area contributed by atoms with Crippen LogP contribution < -0.4 is 0 Å². The number of aryl methyl sites for hydroxylation is 5. The van der Waals surface area contributed by atoms with E-state index < -0.39 is 0 Å². The maximum absolute atomic E-state index is 5.16. The summed E-state index contributed by atoms with van der Waals surface area (Å²) in [6, 6.07) is 30.9. The number of rotatable bonds is 5. The molecule has 0 saturated heterocycles. The quantitative estimate of drug-likeness (QED) is 0.213. The Bertz CT molecular complexity index is 1870. The average Bonchev–Trinajstić information content (AvgIpc) is 3.42. The van der Waals surface area contributed by atoms with Crippen molar-refractivity contribution in [2.45, 2.75) is 61.8 Å². The second-order valence-electron chi connectivity index (χ2n) is 13.0. The highest BCUT2D eigenvalue weighted by atomic mass is 15.3. The summed E-state index contributed by atoms with van der Waals surface area (Å²) >= 11 is 0. The smallest absolute Gasteiger partial charge is 0.198 e. The summed E-state index contributed by atoms with van der Waals surface area (Å²) in [7, 11) is 0. The molecule has 4 nitrogen and oxygen atoms in total. The van der Waals surface area contributed by atoms with E-state index >= 15 is 0 Å². The molecule has 0 amide bonds. The average molecular weight is 553 g/mol. The lowest BCUT2D eigenvalue weighted by atomic mass is 9.87. The predicted molar refractivity (Wildman–Crippen MR) is 176 cm³/mol. The van der Waals surface area contributed by atoms with Crippen LogP contribution in [0, 0.1) is 40.0 Å². The van der Waals surface area contributed by atoms with Gasteiger partial charge in [0.25, 0.3) is 0 Å². The van der Waals surface area contributed by atoms with E-state index in [0.29, 0.717) is 0 Å². The van der Waals surface area contributed by atoms with Crippen LogP contribution in [0.15, 0.2) is 84.9 Å². The Balaban J connectivity index is 1.50. The summed E-state index contributed by atoms with van der Waals surface area (Å²) < 4.78 is 4.56. The Hall–Kier alpha value is -4.44. The molecule has 6 rings (SSSR count). The number of hydrogen-bond acceptors (Lipinski definition) is 2. The standard InChI is InChI=1S/C38H40N4/c1-24-20-25(2)22-32(21-24)36-40-35-37(42(36)34-26(3)10-9-11-27(34)4)41(28(5)39-35)33-18-16-31(17-19-33)30-14-12-29(13-15-30)23-38(6,7)8/h9-22H,23H2,1-8H3. The van der Waals surface area contributed by atoms with E-state index in [4.69, 9.17) is 9.97 Å².